The first-order valence-corrected chi connectivity index (χ1v) is 7.42. The van der Waals surface area contributed by atoms with E-state index in [4.69, 9.17) is 16.3 Å². The van der Waals surface area contributed by atoms with Gasteiger partial charge < -0.3 is 15.4 Å². The molecule has 0 aliphatic heterocycles. The minimum Gasteiger partial charge on any atom is -0.444 e. The van der Waals surface area contributed by atoms with Gasteiger partial charge in [0.15, 0.2) is 5.82 Å². The number of rotatable bonds is 3. The highest BCUT2D eigenvalue weighted by Crippen LogP contribution is 2.31. The summed E-state index contributed by atoms with van der Waals surface area (Å²) in [4.78, 5) is 11.6. The van der Waals surface area contributed by atoms with Gasteiger partial charge in [-0.1, -0.05) is 11.6 Å². The molecule has 1 saturated carbocycles. The lowest BCUT2D eigenvalue weighted by molar-refractivity contribution is 0.0475. The molecule has 1 fully saturated rings. The second kappa shape index (κ2) is 6.28. The molecule has 0 aromatic heterocycles. The number of amides is 1. The van der Waals surface area contributed by atoms with Crippen LogP contribution in [-0.4, -0.2) is 23.8 Å². The number of nitrogens with one attached hydrogen (secondary N) is 2. The molecule has 1 aromatic carbocycles. The predicted octanol–water partition coefficient (Wildman–Crippen LogP) is 4.09. The molecule has 0 heterocycles. The highest BCUT2D eigenvalue weighted by molar-refractivity contribution is 6.33. The average molecular weight is 333 g/mol. The molecular weight excluding hydrogens is 314 g/mol. The van der Waals surface area contributed by atoms with E-state index in [-0.39, 0.29) is 22.8 Å². The van der Waals surface area contributed by atoms with Crippen LogP contribution < -0.4 is 10.6 Å². The number of alkyl carbamates (subject to hydrolysis) is 1. The van der Waals surface area contributed by atoms with E-state index >= 15 is 0 Å². The summed E-state index contributed by atoms with van der Waals surface area (Å²) >= 11 is 5.82. The fourth-order valence-electron chi connectivity index (χ4n) is 2.21. The molecule has 22 heavy (non-hydrogen) atoms. The summed E-state index contributed by atoms with van der Waals surface area (Å²) in [6.45, 7) is 5.37. The number of halogens is 3. The van der Waals surface area contributed by atoms with Crippen LogP contribution in [0.1, 0.15) is 33.6 Å². The Morgan fingerprint density at radius 3 is 2.45 bits per heavy atom. The van der Waals surface area contributed by atoms with Crippen molar-refractivity contribution in [2.24, 2.45) is 0 Å². The molecular formula is C15H19ClF2N2O2. The number of carbonyl (C=O) groups excluding carboxylic acids is 1. The fourth-order valence-corrected chi connectivity index (χ4v) is 2.46. The van der Waals surface area contributed by atoms with E-state index in [9.17, 15) is 13.6 Å². The molecule has 1 amide bonds. The van der Waals surface area contributed by atoms with Gasteiger partial charge in [0.1, 0.15) is 11.4 Å². The summed E-state index contributed by atoms with van der Waals surface area (Å²) in [5, 5.41) is 5.67. The Morgan fingerprint density at radius 1 is 1.27 bits per heavy atom. The Morgan fingerprint density at radius 2 is 1.91 bits per heavy atom. The van der Waals surface area contributed by atoms with Gasteiger partial charge in [-0.3, -0.25) is 0 Å². The lowest BCUT2D eigenvalue weighted by Gasteiger charge is -2.37. The number of ether oxygens (including phenoxy) is 1. The second-order valence-corrected chi connectivity index (χ2v) is 6.81. The number of anilines is 1. The Hall–Kier alpha value is -1.56. The van der Waals surface area contributed by atoms with E-state index in [2.05, 4.69) is 10.6 Å². The Balaban J connectivity index is 1.82. The Labute approximate surface area is 133 Å². The molecule has 7 heteroatoms. The predicted molar refractivity (Wildman–Crippen MR) is 81.2 cm³/mol. The highest BCUT2D eigenvalue weighted by atomic mass is 35.5. The molecule has 2 N–H and O–H groups in total. The van der Waals surface area contributed by atoms with Crippen molar-refractivity contribution in [3.63, 3.8) is 0 Å². The van der Waals surface area contributed by atoms with Crippen molar-refractivity contribution in [2.75, 3.05) is 5.32 Å². The monoisotopic (exact) mass is 332 g/mol. The lowest BCUT2D eigenvalue weighted by atomic mass is 9.86. The van der Waals surface area contributed by atoms with Gasteiger partial charge in [0.2, 0.25) is 0 Å². The normalized spacial score (nSPS) is 21.0. The van der Waals surface area contributed by atoms with Crippen LogP contribution in [0.4, 0.5) is 19.3 Å². The number of hydrogen-bond donors (Lipinski definition) is 2. The number of benzene rings is 1. The van der Waals surface area contributed by atoms with Crippen LogP contribution in [0.2, 0.25) is 5.02 Å². The molecule has 122 valence electrons. The molecule has 1 aliphatic rings. The highest BCUT2D eigenvalue weighted by Gasteiger charge is 2.32. The minimum absolute atomic E-state index is 0.000974. The van der Waals surface area contributed by atoms with E-state index in [0.717, 1.165) is 12.1 Å². The molecule has 0 radical (unpaired) electrons. The number of hydrogen-bond acceptors (Lipinski definition) is 3. The van der Waals surface area contributed by atoms with Gasteiger partial charge >= 0.3 is 6.09 Å². The average Bonchev–Trinajstić information content (AvgIpc) is 2.27. The maximum Gasteiger partial charge on any atom is 0.407 e. The first-order chi connectivity index (χ1) is 10.1. The van der Waals surface area contributed by atoms with E-state index in [1.165, 1.54) is 0 Å². The first kappa shape index (κ1) is 16.8. The van der Waals surface area contributed by atoms with Crippen LogP contribution in [0.5, 0.6) is 0 Å². The summed E-state index contributed by atoms with van der Waals surface area (Å²) in [7, 11) is 0. The van der Waals surface area contributed by atoms with Crippen molar-refractivity contribution >= 4 is 23.4 Å². The Bertz CT molecular complexity index is 546. The lowest BCUT2D eigenvalue weighted by Crippen LogP contribution is -2.50. The maximum atomic E-state index is 13.6. The van der Waals surface area contributed by atoms with Crippen LogP contribution >= 0.6 is 11.6 Å². The first-order valence-electron chi connectivity index (χ1n) is 7.04. The van der Waals surface area contributed by atoms with Crippen molar-refractivity contribution in [1.29, 1.82) is 0 Å². The number of carbonyl (C=O) groups is 1. The van der Waals surface area contributed by atoms with E-state index in [0.29, 0.717) is 12.8 Å². The minimum atomic E-state index is -0.728. The molecule has 0 unspecified atom stereocenters. The van der Waals surface area contributed by atoms with Crippen LogP contribution in [0.3, 0.4) is 0 Å². The van der Waals surface area contributed by atoms with E-state index in [1.807, 2.05) is 0 Å². The summed E-state index contributed by atoms with van der Waals surface area (Å²) in [5.74, 6) is -1.44. The van der Waals surface area contributed by atoms with Crippen molar-refractivity contribution in [1.82, 2.24) is 5.32 Å². The zero-order valence-corrected chi connectivity index (χ0v) is 13.4. The van der Waals surface area contributed by atoms with Crippen molar-refractivity contribution < 1.29 is 18.3 Å². The summed E-state index contributed by atoms with van der Waals surface area (Å²) in [5.41, 5.74) is -0.459. The topological polar surface area (TPSA) is 50.4 Å². The van der Waals surface area contributed by atoms with Gasteiger partial charge in [-0.25, -0.2) is 13.6 Å². The van der Waals surface area contributed by atoms with Crippen LogP contribution in [-0.2, 0) is 4.74 Å². The smallest absolute Gasteiger partial charge is 0.407 e. The van der Waals surface area contributed by atoms with Crippen molar-refractivity contribution in [2.45, 2.75) is 51.3 Å². The van der Waals surface area contributed by atoms with E-state index in [1.54, 1.807) is 20.8 Å². The molecule has 0 atom stereocenters. The standard InChI is InChI=1S/C15H19ClF2N2O2/c1-15(2,3)22-14(21)20-10-6-9(7-10)19-13-11(16)4-8(17)5-12(13)18/h4-5,9-10,19H,6-7H2,1-3H3,(H,20,21). The third kappa shape index (κ3) is 4.47. The molecule has 0 spiro atoms. The van der Waals surface area contributed by atoms with Gasteiger partial charge in [0.25, 0.3) is 0 Å². The molecule has 4 nitrogen and oxygen atoms in total. The molecule has 1 aromatic rings. The molecule has 0 bridgehead atoms. The van der Waals surface area contributed by atoms with Gasteiger partial charge in [-0.05, 0) is 39.7 Å². The summed E-state index contributed by atoms with van der Waals surface area (Å²) in [6.07, 6.45) is 0.764. The van der Waals surface area contributed by atoms with Crippen molar-refractivity contribution in [3.8, 4) is 0 Å². The SMILES string of the molecule is CC(C)(C)OC(=O)NC1CC(Nc2c(F)cc(F)cc2Cl)C1. The van der Waals surface area contributed by atoms with Gasteiger partial charge in [0, 0.05) is 18.2 Å². The second-order valence-electron chi connectivity index (χ2n) is 6.40. The summed E-state index contributed by atoms with van der Waals surface area (Å²) in [6, 6.07) is 1.78. The van der Waals surface area contributed by atoms with Gasteiger partial charge in [0.05, 0.1) is 10.7 Å². The van der Waals surface area contributed by atoms with Crippen molar-refractivity contribution in [3.05, 3.63) is 28.8 Å². The maximum absolute atomic E-state index is 13.6. The van der Waals surface area contributed by atoms with E-state index < -0.39 is 23.3 Å². The zero-order chi connectivity index (χ0) is 16.5. The van der Waals surface area contributed by atoms with Crippen LogP contribution in [0.15, 0.2) is 12.1 Å². The fraction of sp³-hybridized carbons (Fsp3) is 0.533. The zero-order valence-electron chi connectivity index (χ0n) is 12.7. The third-order valence-corrected chi connectivity index (χ3v) is 3.51. The molecule has 0 saturated heterocycles. The summed E-state index contributed by atoms with van der Waals surface area (Å²) < 4.78 is 31.8. The molecule has 1 aliphatic carbocycles. The molecule has 2 rings (SSSR count). The van der Waals surface area contributed by atoms with Crippen LogP contribution in [0, 0.1) is 11.6 Å². The van der Waals surface area contributed by atoms with Crippen LogP contribution in [0.25, 0.3) is 0 Å². The van der Waals surface area contributed by atoms with Gasteiger partial charge in [-0.2, -0.15) is 0 Å². The quantitative estimate of drug-likeness (QED) is 0.876. The largest absolute Gasteiger partial charge is 0.444 e. The Kier molecular flexibility index (Phi) is 4.80. The van der Waals surface area contributed by atoms with Gasteiger partial charge in [-0.15, -0.1) is 0 Å². The third-order valence-electron chi connectivity index (χ3n) is 3.21.